The third-order valence-electron chi connectivity index (χ3n) is 4.81. The van der Waals surface area contributed by atoms with Gasteiger partial charge in [-0.2, -0.15) is 0 Å². The van der Waals surface area contributed by atoms with Gasteiger partial charge in [-0.05, 0) is 56.4 Å². The number of ether oxygens (including phenoxy) is 1. The molecule has 1 saturated carbocycles. The molecular weight excluding hydrogens is 253 g/mol. The SMILES string of the molecule is Cc1cc(F)ccc1NC1CCOC2(CCCCC2)C1. The summed E-state index contributed by atoms with van der Waals surface area (Å²) < 4.78 is 19.3. The quantitative estimate of drug-likeness (QED) is 0.863. The number of hydrogen-bond acceptors (Lipinski definition) is 2. The molecule has 1 N–H and O–H groups in total. The summed E-state index contributed by atoms with van der Waals surface area (Å²) in [6.07, 6.45) is 8.47. The molecular formula is C17H24FNO. The minimum absolute atomic E-state index is 0.113. The van der Waals surface area contributed by atoms with Crippen molar-refractivity contribution in [3.63, 3.8) is 0 Å². The molecule has 0 bridgehead atoms. The van der Waals surface area contributed by atoms with E-state index in [4.69, 9.17) is 4.74 Å². The fourth-order valence-electron chi connectivity index (χ4n) is 3.70. The molecule has 1 heterocycles. The van der Waals surface area contributed by atoms with Crippen molar-refractivity contribution in [3.8, 4) is 0 Å². The highest BCUT2D eigenvalue weighted by molar-refractivity contribution is 5.51. The molecule has 2 nitrogen and oxygen atoms in total. The van der Waals surface area contributed by atoms with Crippen molar-refractivity contribution in [1.82, 2.24) is 0 Å². The Morgan fingerprint density at radius 2 is 2.05 bits per heavy atom. The van der Waals surface area contributed by atoms with E-state index in [2.05, 4.69) is 5.32 Å². The minimum Gasteiger partial charge on any atom is -0.382 e. The zero-order valence-electron chi connectivity index (χ0n) is 12.3. The molecule has 2 aliphatic rings. The first-order valence-corrected chi connectivity index (χ1v) is 7.84. The van der Waals surface area contributed by atoms with E-state index in [0.29, 0.717) is 6.04 Å². The van der Waals surface area contributed by atoms with Gasteiger partial charge in [0.2, 0.25) is 0 Å². The topological polar surface area (TPSA) is 21.3 Å². The maximum Gasteiger partial charge on any atom is 0.123 e. The molecule has 1 spiro atoms. The molecule has 3 rings (SSSR count). The number of hydrogen-bond donors (Lipinski definition) is 1. The Hall–Kier alpha value is -1.09. The first-order valence-electron chi connectivity index (χ1n) is 7.84. The monoisotopic (exact) mass is 277 g/mol. The van der Waals surface area contributed by atoms with Gasteiger partial charge in [0, 0.05) is 18.3 Å². The van der Waals surface area contributed by atoms with Crippen LogP contribution >= 0.6 is 0 Å². The summed E-state index contributed by atoms with van der Waals surface area (Å²) in [5.74, 6) is -0.163. The molecule has 0 amide bonds. The van der Waals surface area contributed by atoms with Gasteiger partial charge in [-0.3, -0.25) is 0 Å². The largest absolute Gasteiger partial charge is 0.382 e. The van der Waals surface area contributed by atoms with Gasteiger partial charge in [0.05, 0.1) is 5.60 Å². The van der Waals surface area contributed by atoms with Crippen molar-refractivity contribution in [1.29, 1.82) is 0 Å². The van der Waals surface area contributed by atoms with Gasteiger partial charge in [-0.25, -0.2) is 4.39 Å². The van der Waals surface area contributed by atoms with Gasteiger partial charge in [0.1, 0.15) is 5.82 Å². The van der Waals surface area contributed by atoms with Crippen LogP contribution in [0.1, 0.15) is 50.5 Å². The molecule has 1 aromatic carbocycles. The third-order valence-corrected chi connectivity index (χ3v) is 4.81. The summed E-state index contributed by atoms with van der Waals surface area (Å²) in [6, 6.07) is 5.43. The fourth-order valence-corrected chi connectivity index (χ4v) is 3.70. The Balaban J connectivity index is 1.68. The highest BCUT2D eigenvalue weighted by Crippen LogP contribution is 2.39. The number of anilines is 1. The number of aryl methyl sites for hydroxylation is 1. The average Bonchev–Trinajstić information content (AvgIpc) is 2.43. The molecule has 2 fully saturated rings. The van der Waals surface area contributed by atoms with Crippen LogP contribution in [0.2, 0.25) is 0 Å². The van der Waals surface area contributed by atoms with Crippen LogP contribution in [-0.4, -0.2) is 18.2 Å². The Morgan fingerprint density at radius 3 is 2.80 bits per heavy atom. The molecule has 0 radical (unpaired) electrons. The van der Waals surface area contributed by atoms with E-state index < -0.39 is 0 Å². The molecule has 1 unspecified atom stereocenters. The van der Waals surface area contributed by atoms with Gasteiger partial charge in [-0.1, -0.05) is 19.3 Å². The second-order valence-corrected chi connectivity index (χ2v) is 6.39. The van der Waals surface area contributed by atoms with Gasteiger partial charge in [-0.15, -0.1) is 0 Å². The molecule has 1 saturated heterocycles. The van der Waals surface area contributed by atoms with Crippen molar-refractivity contribution in [2.75, 3.05) is 11.9 Å². The van der Waals surface area contributed by atoms with Crippen LogP contribution in [-0.2, 0) is 4.74 Å². The van der Waals surface area contributed by atoms with Crippen LogP contribution < -0.4 is 5.32 Å². The maximum atomic E-state index is 13.2. The lowest BCUT2D eigenvalue weighted by atomic mass is 9.78. The predicted octanol–water partition coefficient (Wildman–Crippen LogP) is 4.43. The highest BCUT2D eigenvalue weighted by Gasteiger charge is 2.38. The second kappa shape index (κ2) is 5.72. The van der Waals surface area contributed by atoms with E-state index in [1.165, 1.54) is 38.2 Å². The molecule has 3 heteroatoms. The number of nitrogens with one attached hydrogen (secondary N) is 1. The van der Waals surface area contributed by atoms with Crippen LogP contribution in [0.4, 0.5) is 10.1 Å². The minimum atomic E-state index is -0.163. The summed E-state index contributed by atoms with van der Waals surface area (Å²) in [5, 5.41) is 3.60. The Kier molecular flexibility index (Phi) is 3.97. The lowest BCUT2D eigenvalue weighted by Crippen LogP contribution is -2.45. The van der Waals surface area contributed by atoms with E-state index in [1.54, 1.807) is 6.07 Å². The zero-order chi connectivity index (χ0) is 14.0. The van der Waals surface area contributed by atoms with Crippen molar-refractivity contribution in [2.45, 2.75) is 63.5 Å². The summed E-state index contributed by atoms with van der Waals surface area (Å²) in [7, 11) is 0. The smallest absolute Gasteiger partial charge is 0.123 e. The normalized spacial score (nSPS) is 25.6. The molecule has 1 atom stereocenters. The van der Waals surface area contributed by atoms with Crippen molar-refractivity contribution >= 4 is 5.69 Å². The molecule has 110 valence electrons. The molecule has 20 heavy (non-hydrogen) atoms. The van der Waals surface area contributed by atoms with E-state index in [0.717, 1.165) is 30.7 Å². The lowest BCUT2D eigenvalue weighted by molar-refractivity contribution is -0.103. The number of benzene rings is 1. The van der Waals surface area contributed by atoms with Gasteiger partial charge >= 0.3 is 0 Å². The average molecular weight is 277 g/mol. The standard InChI is InChI=1S/C17H24FNO/c1-13-11-14(18)5-6-16(13)19-15-7-10-20-17(12-15)8-3-2-4-9-17/h5-6,11,15,19H,2-4,7-10,12H2,1H3. The van der Waals surface area contributed by atoms with Crippen molar-refractivity contribution < 1.29 is 9.13 Å². The van der Waals surface area contributed by atoms with Crippen LogP contribution in [0.25, 0.3) is 0 Å². The summed E-state index contributed by atoms with van der Waals surface area (Å²) in [5.41, 5.74) is 2.15. The lowest BCUT2D eigenvalue weighted by Gasteiger charge is -2.44. The van der Waals surface area contributed by atoms with E-state index >= 15 is 0 Å². The first-order chi connectivity index (χ1) is 9.67. The van der Waals surface area contributed by atoms with Crippen molar-refractivity contribution in [2.24, 2.45) is 0 Å². The van der Waals surface area contributed by atoms with Crippen LogP contribution in [0.15, 0.2) is 18.2 Å². The number of halogens is 1. The summed E-state index contributed by atoms with van der Waals surface area (Å²) >= 11 is 0. The molecule has 1 aliphatic heterocycles. The van der Waals surface area contributed by atoms with Crippen LogP contribution in [0.5, 0.6) is 0 Å². The number of rotatable bonds is 2. The van der Waals surface area contributed by atoms with Crippen molar-refractivity contribution in [3.05, 3.63) is 29.6 Å². The van der Waals surface area contributed by atoms with Crippen LogP contribution in [0.3, 0.4) is 0 Å². The summed E-state index contributed by atoms with van der Waals surface area (Å²) in [6.45, 7) is 2.80. The van der Waals surface area contributed by atoms with Gasteiger partial charge in [0.15, 0.2) is 0 Å². The molecule has 1 aliphatic carbocycles. The molecule has 0 aromatic heterocycles. The van der Waals surface area contributed by atoms with Crippen LogP contribution in [0, 0.1) is 12.7 Å². The first kappa shape index (κ1) is 13.9. The van der Waals surface area contributed by atoms with E-state index in [-0.39, 0.29) is 11.4 Å². The Morgan fingerprint density at radius 1 is 1.25 bits per heavy atom. The fraction of sp³-hybridized carbons (Fsp3) is 0.647. The van der Waals surface area contributed by atoms with Gasteiger partial charge in [0.25, 0.3) is 0 Å². The highest BCUT2D eigenvalue weighted by atomic mass is 19.1. The molecule has 1 aromatic rings. The summed E-state index contributed by atoms with van der Waals surface area (Å²) in [4.78, 5) is 0. The maximum absolute atomic E-state index is 13.2. The third kappa shape index (κ3) is 2.98. The predicted molar refractivity (Wildman–Crippen MR) is 79.5 cm³/mol. The van der Waals surface area contributed by atoms with E-state index in [9.17, 15) is 4.39 Å². The Labute approximate surface area is 120 Å². The Bertz CT molecular complexity index is 463. The zero-order valence-corrected chi connectivity index (χ0v) is 12.3. The van der Waals surface area contributed by atoms with Gasteiger partial charge < -0.3 is 10.1 Å². The second-order valence-electron chi connectivity index (χ2n) is 6.39. The van der Waals surface area contributed by atoms with E-state index in [1.807, 2.05) is 13.0 Å².